The number of hydrogen-bond donors (Lipinski definition) is 1. The van der Waals surface area contributed by atoms with E-state index in [1.807, 2.05) is 78.9 Å². The van der Waals surface area contributed by atoms with E-state index in [4.69, 9.17) is 39.8 Å². The van der Waals surface area contributed by atoms with Gasteiger partial charge in [0.2, 0.25) is 0 Å². The van der Waals surface area contributed by atoms with Gasteiger partial charge in [-0.15, -0.1) is 0 Å². The molecule has 0 saturated carbocycles. The molecule has 0 aromatic heterocycles. The fourth-order valence-corrected chi connectivity index (χ4v) is 4.75. The fraction of sp³-hybridized carbons (Fsp3) is 0.0741. The predicted molar refractivity (Wildman–Crippen MR) is 145 cm³/mol. The molecule has 4 aromatic carbocycles. The van der Waals surface area contributed by atoms with Crippen molar-refractivity contribution in [1.29, 1.82) is 0 Å². The van der Waals surface area contributed by atoms with E-state index in [0.29, 0.717) is 28.2 Å². The summed E-state index contributed by atoms with van der Waals surface area (Å²) in [6.07, 6.45) is 0. The maximum absolute atomic E-state index is 10.0. The molecule has 0 radical (unpaired) electrons. The number of hydrogen-bond acceptors (Lipinski definition) is 3. The largest absolute Gasteiger partial charge is 0.508 e. The van der Waals surface area contributed by atoms with Crippen LogP contribution in [0.2, 0.25) is 15.1 Å². The number of aliphatic imine (C=N–C) groups is 1. The summed E-state index contributed by atoms with van der Waals surface area (Å²) in [4.78, 5) is 8.17. The Kier molecular flexibility index (Phi) is 8.41. The monoisotopic (exact) mass is 526 g/mol. The van der Waals surface area contributed by atoms with Gasteiger partial charge in [-0.25, -0.2) is 4.99 Å². The third-order valence-corrected chi connectivity index (χ3v) is 6.91. The highest BCUT2D eigenvalue weighted by molar-refractivity contribution is 8.13. The molecule has 3 nitrogen and oxygen atoms in total. The zero-order chi connectivity index (χ0) is 23.9. The molecule has 0 bridgehead atoms. The summed E-state index contributed by atoms with van der Waals surface area (Å²) in [6, 6.07) is 30.4. The molecular weight excluding hydrogens is 507 g/mol. The summed E-state index contributed by atoms with van der Waals surface area (Å²) in [6.45, 7) is 1.06. The van der Waals surface area contributed by atoms with Gasteiger partial charge >= 0.3 is 0 Å². The Hall–Kier alpha value is -2.63. The number of benzene rings is 4. The van der Waals surface area contributed by atoms with Crippen LogP contribution < -0.4 is 0 Å². The minimum absolute atomic E-state index is 0.219. The molecule has 0 unspecified atom stereocenters. The number of halogens is 3. The second kappa shape index (κ2) is 11.7. The first-order chi connectivity index (χ1) is 16.5. The topological polar surface area (TPSA) is 35.8 Å². The summed E-state index contributed by atoms with van der Waals surface area (Å²) < 4.78 is 0. The molecule has 4 rings (SSSR count). The number of aromatic hydroxyl groups is 1. The standard InChI is InChI=1S/C27H21Cl3N2OS/c28-21-7-5-8-22(16-21)31-27(34-24-10-2-1-3-11-24)32(17-19-6-4-9-23(33)14-19)18-20-12-13-25(29)26(30)15-20/h1-16,33H,17-18H2. The van der Waals surface area contributed by atoms with Gasteiger partial charge in [0.15, 0.2) is 5.17 Å². The summed E-state index contributed by atoms with van der Waals surface area (Å²) in [5.74, 6) is 0.219. The molecule has 0 atom stereocenters. The van der Waals surface area contributed by atoms with Crippen molar-refractivity contribution < 1.29 is 5.11 Å². The lowest BCUT2D eigenvalue weighted by Gasteiger charge is -2.26. The molecule has 0 fully saturated rings. The number of amidine groups is 1. The molecule has 4 aromatic rings. The lowest BCUT2D eigenvalue weighted by atomic mass is 10.1. The first-order valence-corrected chi connectivity index (χ1v) is 12.5. The number of phenolic OH excluding ortho intramolecular Hbond substituents is 1. The van der Waals surface area contributed by atoms with Gasteiger partial charge in [0.1, 0.15) is 5.75 Å². The molecule has 0 aliphatic heterocycles. The van der Waals surface area contributed by atoms with Crippen LogP contribution >= 0.6 is 46.6 Å². The lowest BCUT2D eigenvalue weighted by molar-refractivity contribution is 0.412. The van der Waals surface area contributed by atoms with Crippen LogP contribution in [0.4, 0.5) is 5.69 Å². The van der Waals surface area contributed by atoms with Crippen LogP contribution in [0.3, 0.4) is 0 Å². The molecule has 7 heteroatoms. The van der Waals surface area contributed by atoms with Crippen molar-refractivity contribution in [2.75, 3.05) is 0 Å². The van der Waals surface area contributed by atoms with E-state index >= 15 is 0 Å². The van der Waals surface area contributed by atoms with E-state index in [1.54, 1.807) is 30.0 Å². The SMILES string of the molecule is Oc1cccc(CN(Cc2ccc(Cl)c(Cl)c2)C(=Nc2cccc(Cl)c2)Sc2ccccc2)c1. The Morgan fingerprint density at radius 2 is 1.47 bits per heavy atom. The molecule has 0 saturated heterocycles. The summed E-state index contributed by atoms with van der Waals surface area (Å²) in [5.41, 5.74) is 2.69. The molecule has 172 valence electrons. The van der Waals surface area contributed by atoms with Crippen molar-refractivity contribution in [2.45, 2.75) is 18.0 Å². The second-order valence-corrected chi connectivity index (χ2v) is 9.86. The van der Waals surface area contributed by atoms with E-state index in [-0.39, 0.29) is 5.75 Å². The first-order valence-electron chi connectivity index (χ1n) is 10.5. The molecule has 0 aliphatic rings. The molecule has 0 heterocycles. The zero-order valence-electron chi connectivity index (χ0n) is 18.0. The number of thioether (sulfide) groups is 1. The van der Waals surface area contributed by atoms with Crippen molar-refractivity contribution in [1.82, 2.24) is 4.90 Å². The Bertz CT molecular complexity index is 1300. The van der Waals surface area contributed by atoms with Gasteiger partial charge in [-0.1, -0.05) is 89.0 Å². The van der Waals surface area contributed by atoms with Gasteiger partial charge in [0.25, 0.3) is 0 Å². The summed E-state index contributed by atoms with van der Waals surface area (Å²) in [5, 5.41) is 12.4. The molecule has 0 amide bonds. The van der Waals surface area contributed by atoms with Gasteiger partial charge in [-0.3, -0.25) is 0 Å². The van der Waals surface area contributed by atoms with Gasteiger partial charge in [0, 0.05) is 23.0 Å². The maximum Gasteiger partial charge on any atom is 0.169 e. The predicted octanol–water partition coefficient (Wildman–Crippen LogP) is 8.83. The van der Waals surface area contributed by atoms with Crippen molar-refractivity contribution >= 4 is 57.4 Å². The van der Waals surface area contributed by atoms with E-state index in [1.165, 1.54) is 0 Å². The quantitative estimate of drug-likeness (QED) is 0.154. The third-order valence-electron chi connectivity index (χ3n) is 4.90. The van der Waals surface area contributed by atoms with Crippen molar-refractivity contribution in [3.05, 3.63) is 123 Å². The fourth-order valence-electron chi connectivity index (χ4n) is 3.33. The highest BCUT2D eigenvalue weighted by Gasteiger charge is 2.16. The van der Waals surface area contributed by atoms with E-state index < -0.39 is 0 Å². The van der Waals surface area contributed by atoms with E-state index in [0.717, 1.165) is 26.9 Å². The number of nitrogens with zero attached hydrogens (tertiary/aromatic N) is 2. The Labute approximate surface area is 218 Å². The zero-order valence-corrected chi connectivity index (χ0v) is 21.1. The smallest absolute Gasteiger partial charge is 0.169 e. The Morgan fingerprint density at radius 3 is 2.18 bits per heavy atom. The van der Waals surface area contributed by atoms with Crippen molar-refractivity contribution in [3.8, 4) is 5.75 Å². The molecule has 1 N–H and O–H groups in total. The number of rotatable bonds is 6. The lowest BCUT2D eigenvalue weighted by Crippen LogP contribution is -2.28. The van der Waals surface area contributed by atoms with Crippen LogP contribution in [0.1, 0.15) is 11.1 Å². The van der Waals surface area contributed by atoms with Crippen LogP contribution in [-0.2, 0) is 13.1 Å². The minimum Gasteiger partial charge on any atom is -0.508 e. The molecule has 34 heavy (non-hydrogen) atoms. The normalized spacial score (nSPS) is 11.4. The van der Waals surface area contributed by atoms with Crippen LogP contribution in [0.15, 0.2) is 107 Å². The second-order valence-electron chi connectivity index (χ2n) is 7.56. The van der Waals surface area contributed by atoms with E-state index in [9.17, 15) is 5.11 Å². The number of phenols is 1. The average Bonchev–Trinajstić information content (AvgIpc) is 2.81. The highest BCUT2D eigenvalue weighted by Crippen LogP contribution is 2.30. The highest BCUT2D eigenvalue weighted by atomic mass is 35.5. The molecular formula is C27H21Cl3N2OS. The molecule has 0 spiro atoms. The van der Waals surface area contributed by atoms with Crippen LogP contribution in [-0.4, -0.2) is 15.2 Å². The third kappa shape index (κ3) is 6.94. The summed E-state index contributed by atoms with van der Waals surface area (Å²) in [7, 11) is 0. The average molecular weight is 528 g/mol. The van der Waals surface area contributed by atoms with Crippen molar-refractivity contribution in [2.24, 2.45) is 4.99 Å². The summed E-state index contributed by atoms with van der Waals surface area (Å²) >= 11 is 20.2. The van der Waals surface area contributed by atoms with Crippen LogP contribution in [0, 0.1) is 0 Å². The minimum atomic E-state index is 0.219. The maximum atomic E-state index is 10.0. The van der Waals surface area contributed by atoms with E-state index in [2.05, 4.69) is 4.90 Å². The Balaban J connectivity index is 1.76. The molecule has 0 aliphatic carbocycles. The van der Waals surface area contributed by atoms with Gasteiger partial charge in [-0.05, 0) is 65.7 Å². The van der Waals surface area contributed by atoms with Crippen LogP contribution in [0.25, 0.3) is 0 Å². The van der Waals surface area contributed by atoms with Crippen LogP contribution in [0.5, 0.6) is 5.75 Å². The van der Waals surface area contributed by atoms with Gasteiger partial charge in [-0.2, -0.15) is 0 Å². The van der Waals surface area contributed by atoms with Crippen molar-refractivity contribution in [3.63, 3.8) is 0 Å². The van der Waals surface area contributed by atoms with Gasteiger partial charge in [0.05, 0.1) is 15.7 Å². The Morgan fingerprint density at radius 1 is 0.735 bits per heavy atom. The first kappa shape index (κ1) is 24.5. The van der Waals surface area contributed by atoms with Gasteiger partial charge < -0.3 is 10.0 Å².